The maximum Gasteiger partial charge on any atom is 0.302 e. The smallest absolute Gasteiger partial charge is 0.302 e. The maximum atomic E-state index is 13.2. The average molecular weight is 870 g/mol. The minimum Gasteiger partial charge on any atom is -0.465 e. The zero-order valence-corrected chi connectivity index (χ0v) is 33.5. The Morgan fingerprint density at radius 2 is 1.60 bits per heavy atom. The Morgan fingerprint density at radius 1 is 0.948 bits per heavy atom. The molecule has 1 amide bonds. The minimum atomic E-state index is -4.29. The Morgan fingerprint density at radius 3 is 2.19 bits per heavy atom. The normalized spacial score (nSPS) is 25.8. The number of hydrogen-bond donors (Lipinski definition) is 4. The van der Waals surface area contributed by atoms with E-state index in [1.54, 1.807) is 54.6 Å². The third-order valence-corrected chi connectivity index (χ3v) is 10.9. The van der Waals surface area contributed by atoms with Crippen molar-refractivity contribution in [3.05, 3.63) is 83.4 Å². The molecule has 0 radical (unpaired) electrons. The Bertz CT molecular complexity index is 2300. The van der Waals surface area contributed by atoms with E-state index in [0.717, 1.165) is 36.7 Å². The van der Waals surface area contributed by atoms with Crippen LogP contribution in [0.1, 0.15) is 22.8 Å². The standard InChI is InChI=1S/C35H40ClN5O15S2/c1-20(43)51-15-24-29(52-14-21-9-11-23(36)12-10-21)34(16-53-57(2,47)48,17-54-58(3,49)50)56-30(24)35(28(45)27(44)25(13-42)55-35)41-19-39-26-31(37-18-38-32(26)41)40-33(46)22-7-5-4-6-8-22/h4-12,18-19,24-25,27-30,42,44-45H,13-17H2,1-3H3,(H,37,38,40,46)/t24-,25-,27-,28-,29+,30?,35+/m1/s1. The number of halogens is 1. The number of carbonyl (C=O) groups is 2. The summed E-state index contributed by atoms with van der Waals surface area (Å²) in [6, 6.07) is 14.6. The fourth-order valence-electron chi connectivity index (χ4n) is 6.96. The lowest BCUT2D eigenvalue weighted by Crippen LogP contribution is -2.57. The van der Waals surface area contributed by atoms with Crippen LogP contribution in [-0.4, -0.2) is 139 Å². The van der Waals surface area contributed by atoms with Gasteiger partial charge in [-0.1, -0.05) is 41.9 Å². The number of ether oxygens (including phenoxy) is 4. The third kappa shape index (κ3) is 9.16. The maximum absolute atomic E-state index is 13.2. The van der Waals surface area contributed by atoms with Gasteiger partial charge in [0.25, 0.3) is 26.1 Å². The summed E-state index contributed by atoms with van der Waals surface area (Å²) in [5.74, 6) is -2.79. The molecule has 0 bridgehead atoms. The topological polar surface area (TPSA) is 274 Å². The summed E-state index contributed by atoms with van der Waals surface area (Å²) in [6.07, 6.45) is -5.01. The Kier molecular flexibility index (Phi) is 12.9. The number of amides is 1. The van der Waals surface area contributed by atoms with Gasteiger partial charge in [0.1, 0.15) is 55.7 Å². The molecule has 2 aromatic carbocycles. The Hall–Kier alpha value is -4.20. The van der Waals surface area contributed by atoms with Crippen LogP contribution in [0.2, 0.25) is 5.02 Å². The van der Waals surface area contributed by atoms with Crippen molar-refractivity contribution >= 4 is 60.7 Å². The van der Waals surface area contributed by atoms with Gasteiger partial charge in [0.05, 0.1) is 44.6 Å². The number of benzene rings is 2. The van der Waals surface area contributed by atoms with E-state index in [9.17, 15) is 41.7 Å². The molecule has 20 nitrogen and oxygen atoms in total. The van der Waals surface area contributed by atoms with E-state index in [4.69, 9.17) is 38.9 Å². The van der Waals surface area contributed by atoms with Crippen LogP contribution in [0, 0.1) is 5.92 Å². The SMILES string of the molecule is CC(=O)OC[C@H]1C([C@@]2(n3cnc4c(NC(=O)c5ccccc5)ncnc43)O[C@H](CO)[C@@H](O)[C@H]2O)OC(COS(C)(=O)=O)(COS(C)(=O)=O)[C@H]1OCc1ccc(Cl)cc1. The molecule has 2 aliphatic heterocycles. The van der Waals surface area contributed by atoms with E-state index >= 15 is 0 Å². The van der Waals surface area contributed by atoms with Crippen molar-refractivity contribution in [3.8, 4) is 0 Å². The van der Waals surface area contributed by atoms with Gasteiger partial charge in [-0.2, -0.15) is 16.8 Å². The second kappa shape index (κ2) is 17.2. The molecular formula is C35H40ClN5O15S2. The van der Waals surface area contributed by atoms with Crippen molar-refractivity contribution in [1.29, 1.82) is 0 Å². The van der Waals surface area contributed by atoms with E-state index in [-0.39, 0.29) is 29.2 Å². The van der Waals surface area contributed by atoms with Gasteiger partial charge >= 0.3 is 5.97 Å². The monoisotopic (exact) mass is 869 g/mol. The number of nitrogens with one attached hydrogen (secondary N) is 1. The predicted octanol–water partition coefficient (Wildman–Crippen LogP) is 0.352. The number of aliphatic hydroxyl groups is 3. The van der Waals surface area contributed by atoms with Crippen molar-refractivity contribution in [2.75, 3.05) is 44.3 Å². The van der Waals surface area contributed by atoms with Gasteiger partial charge in [-0.25, -0.2) is 15.0 Å². The fraction of sp³-hybridized carbons (Fsp3) is 0.457. The molecule has 2 saturated heterocycles. The van der Waals surface area contributed by atoms with E-state index in [1.807, 2.05) is 0 Å². The molecule has 1 unspecified atom stereocenters. The van der Waals surface area contributed by atoms with Gasteiger partial charge in [0.15, 0.2) is 17.0 Å². The van der Waals surface area contributed by atoms with Crippen LogP contribution < -0.4 is 5.32 Å². The molecule has 2 fully saturated rings. The van der Waals surface area contributed by atoms with E-state index in [1.165, 1.54) is 0 Å². The molecule has 7 atom stereocenters. The number of fused-ring (bicyclic) bond motifs is 1. The number of aromatic nitrogens is 4. The lowest BCUT2D eigenvalue weighted by molar-refractivity contribution is -0.243. The summed E-state index contributed by atoms with van der Waals surface area (Å²) in [6.45, 7) is -2.52. The Balaban J connectivity index is 1.55. The summed E-state index contributed by atoms with van der Waals surface area (Å²) in [5.41, 5.74) is -4.02. The molecule has 0 saturated carbocycles. The zero-order valence-electron chi connectivity index (χ0n) is 31.1. The number of aliphatic hydroxyl groups excluding tert-OH is 3. The second-order valence-electron chi connectivity index (χ2n) is 13.7. The van der Waals surface area contributed by atoms with Gasteiger partial charge in [-0.05, 0) is 29.8 Å². The highest BCUT2D eigenvalue weighted by atomic mass is 35.5. The molecule has 2 aromatic heterocycles. The van der Waals surface area contributed by atoms with Crippen molar-refractivity contribution in [1.82, 2.24) is 19.5 Å². The fourth-order valence-corrected chi connectivity index (χ4v) is 7.92. The quantitative estimate of drug-likeness (QED) is 0.0874. The van der Waals surface area contributed by atoms with E-state index in [2.05, 4.69) is 20.3 Å². The lowest BCUT2D eigenvalue weighted by Gasteiger charge is -2.41. The number of imidazole rings is 1. The van der Waals surface area contributed by atoms with Crippen molar-refractivity contribution in [2.24, 2.45) is 5.92 Å². The summed E-state index contributed by atoms with van der Waals surface area (Å²) in [7, 11) is -8.59. The first-order valence-electron chi connectivity index (χ1n) is 17.4. The van der Waals surface area contributed by atoms with Crippen molar-refractivity contribution < 1.29 is 69.1 Å². The predicted molar refractivity (Wildman–Crippen MR) is 201 cm³/mol. The molecule has 58 heavy (non-hydrogen) atoms. The number of esters is 1. The average Bonchev–Trinajstić information content (AvgIpc) is 3.83. The van der Waals surface area contributed by atoms with Crippen LogP contribution in [0.25, 0.3) is 11.2 Å². The molecule has 6 rings (SSSR count). The first-order chi connectivity index (χ1) is 27.4. The molecule has 0 spiro atoms. The van der Waals surface area contributed by atoms with Gasteiger partial charge in [-0.15, -0.1) is 0 Å². The number of rotatable bonds is 16. The highest BCUT2D eigenvalue weighted by Crippen LogP contribution is 2.51. The largest absolute Gasteiger partial charge is 0.465 e. The van der Waals surface area contributed by atoms with Gasteiger partial charge in [-0.3, -0.25) is 22.5 Å². The summed E-state index contributed by atoms with van der Waals surface area (Å²) < 4.78 is 86.6. The van der Waals surface area contributed by atoms with Gasteiger partial charge < -0.3 is 39.6 Å². The Labute approximate surface area is 337 Å². The minimum absolute atomic E-state index is 0.0407. The van der Waals surface area contributed by atoms with Gasteiger partial charge in [0, 0.05) is 17.5 Å². The molecule has 4 aromatic rings. The lowest BCUT2D eigenvalue weighted by atomic mass is 9.83. The number of hydrogen-bond acceptors (Lipinski definition) is 18. The zero-order chi connectivity index (χ0) is 42.0. The van der Waals surface area contributed by atoms with Crippen LogP contribution >= 0.6 is 11.6 Å². The van der Waals surface area contributed by atoms with Crippen LogP contribution in [-0.2, 0) is 64.7 Å². The van der Waals surface area contributed by atoms with Crippen LogP contribution in [0.5, 0.6) is 0 Å². The van der Waals surface area contributed by atoms with Crippen LogP contribution in [0.4, 0.5) is 5.82 Å². The summed E-state index contributed by atoms with van der Waals surface area (Å²) in [5, 5.41) is 36.9. The molecule has 23 heteroatoms. The highest BCUT2D eigenvalue weighted by Gasteiger charge is 2.70. The van der Waals surface area contributed by atoms with E-state index < -0.39 is 106 Å². The van der Waals surface area contributed by atoms with Crippen molar-refractivity contribution in [3.63, 3.8) is 0 Å². The van der Waals surface area contributed by atoms with E-state index in [0.29, 0.717) is 10.6 Å². The number of carbonyl (C=O) groups excluding carboxylic acids is 2. The molecule has 0 aliphatic carbocycles. The molecular weight excluding hydrogens is 830 g/mol. The molecule has 4 N–H and O–H groups in total. The highest BCUT2D eigenvalue weighted by molar-refractivity contribution is 7.86. The van der Waals surface area contributed by atoms with Crippen molar-refractivity contribution in [2.45, 2.75) is 55.4 Å². The summed E-state index contributed by atoms with van der Waals surface area (Å²) in [4.78, 5) is 38.5. The van der Waals surface area contributed by atoms with Crippen LogP contribution in [0.3, 0.4) is 0 Å². The van der Waals surface area contributed by atoms with Crippen LogP contribution in [0.15, 0.2) is 67.3 Å². The van der Waals surface area contributed by atoms with Gasteiger partial charge in [0.2, 0.25) is 5.72 Å². The summed E-state index contributed by atoms with van der Waals surface area (Å²) >= 11 is 6.09. The third-order valence-electron chi connectivity index (χ3n) is 9.55. The molecule has 2 aliphatic rings. The second-order valence-corrected chi connectivity index (χ2v) is 17.4. The number of anilines is 1. The number of nitrogens with zero attached hydrogens (tertiary/aromatic N) is 4. The molecule has 4 heterocycles. The first kappa shape index (κ1) is 43.4. The first-order valence-corrected chi connectivity index (χ1v) is 21.4. The molecule has 314 valence electrons.